The molecule has 9 rings (SSSR count). The molecule has 6 heteroatoms. The third-order valence-corrected chi connectivity index (χ3v) is 10.7. The first-order valence-corrected chi connectivity index (χ1v) is 13.8. The van der Waals surface area contributed by atoms with Gasteiger partial charge in [-0.25, -0.2) is 0 Å². The first-order valence-electron chi connectivity index (χ1n) is 13.8. The molecular weight excluding hydrogens is 464 g/mol. The van der Waals surface area contributed by atoms with Crippen LogP contribution in [0, 0.1) is 17.3 Å². The lowest BCUT2D eigenvalue weighted by molar-refractivity contribution is -0.214. The number of carbonyl (C=O) groups excluding carboxylic acids is 1. The Bertz CT molecular complexity index is 1320. The van der Waals surface area contributed by atoms with Gasteiger partial charge >= 0.3 is 0 Å². The number of ether oxygens (including phenoxy) is 3. The van der Waals surface area contributed by atoms with Crippen LogP contribution in [0.25, 0.3) is 0 Å². The van der Waals surface area contributed by atoms with Gasteiger partial charge in [0.2, 0.25) is 5.91 Å². The molecule has 2 aliphatic heterocycles. The topological polar surface area (TPSA) is 60.0 Å². The first-order chi connectivity index (χ1) is 18.1. The van der Waals surface area contributed by atoms with Gasteiger partial charge in [-0.05, 0) is 68.3 Å². The largest absolute Gasteiger partial charge is 0.493 e. The standard InChI is InChI=1S/C31H34N2O4/c1-35-23-11-10-20-16-24-29-12-13-31(36-2,22(17-29)27(34)32-21-6-4-3-5-7-21)28-30(29,25(20)26(23)37-28)14-15-33(24)18-19-8-9-19/h3-7,10-13,19,22,24,28H,8-9,14-18H2,1-2H3,(H,32,34)/t22-,24-,28?,29-,30+,31-/m1/s1. The molecule has 1 unspecified atom stereocenters. The van der Waals surface area contributed by atoms with Gasteiger partial charge in [0.1, 0.15) is 11.7 Å². The van der Waals surface area contributed by atoms with E-state index in [1.54, 1.807) is 14.2 Å². The number of methoxy groups -OCH3 is 2. The summed E-state index contributed by atoms with van der Waals surface area (Å²) in [7, 11) is 3.46. The van der Waals surface area contributed by atoms with Gasteiger partial charge in [-0.1, -0.05) is 36.4 Å². The van der Waals surface area contributed by atoms with E-state index in [2.05, 4.69) is 34.5 Å². The number of piperidine rings is 1. The minimum absolute atomic E-state index is 0.00996. The maximum Gasteiger partial charge on any atom is 0.230 e. The Kier molecular flexibility index (Phi) is 4.43. The molecular formula is C31H34N2O4. The Morgan fingerprint density at radius 2 is 1.97 bits per heavy atom. The van der Waals surface area contributed by atoms with E-state index in [1.165, 1.54) is 24.0 Å². The Hall–Kier alpha value is -2.83. The van der Waals surface area contributed by atoms with E-state index in [0.717, 1.165) is 55.5 Å². The number of para-hydroxylation sites is 1. The lowest BCUT2D eigenvalue weighted by Gasteiger charge is -2.71. The van der Waals surface area contributed by atoms with Crippen LogP contribution in [0.4, 0.5) is 5.69 Å². The van der Waals surface area contributed by atoms with E-state index >= 15 is 0 Å². The van der Waals surface area contributed by atoms with Crippen LogP contribution in [0.2, 0.25) is 0 Å². The Balaban J connectivity index is 1.31. The van der Waals surface area contributed by atoms with Crippen molar-refractivity contribution in [3.05, 3.63) is 65.7 Å². The number of rotatable bonds is 6. The highest BCUT2D eigenvalue weighted by Crippen LogP contribution is 2.74. The van der Waals surface area contributed by atoms with Gasteiger partial charge in [0.15, 0.2) is 11.5 Å². The molecule has 1 N–H and O–H groups in total. The second kappa shape index (κ2) is 7.39. The first kappa shape index (κ1) is 22.2. The average Bonchev–Trinajstić information content (AvgIpc) is 3.67. The summed E-state index contributed by atoms with van der Waals surface area (Å²) >= 11 is 0. The van der Waals surface area contributed by atoms with E-state index in [9.17, 15) is 4.79 Å². The van der Waals surface area contributed by atoms with Crippen molar-refractivity contribution in [3.63, 3.8) is 0 Å². The molecule has 1 amide bonds. The van der Waals surface area contributed by atoms with Crippen molar-refractivity contribution in [2.75, 3.05) is 32.6 Å². The second-order valence-electron chi connectivity index (χ2n) is 12.1. The number of likely N-dealkylation sites (tertiary alicyclic amines) is 1. The zero-order valence-electron chi connectivity index (χ0n) is 21.5. The Labute approximate surface area is 218 Å². The molecule has 6 nitrogen and oxygen atoms in total. The summed E-state index contributed by atoms with van der Waals surface area (Å²) in [5.74, 6) is 2.13. The van der Waals surface area contributed by atoms with Crippen LogP contribution in [0.1, 0.15) is 36.8 Å². The summed E-state index contributed by atoms with van der Waals surface area (Å²) in [6.45, 7) is 2.23. The normalized spacial score (nSPS) is 38.2. The number of amides is 1. The third-order valence-electron chi connectivity index (χ3n) is 10.7. The monoisotopic (exact) mass is 498 g/mol. The molecule has 2 spiro atoms. The molecule has 4 bridgehead atoms. The van der Waals surface area contributed by atoms with Crippen LogP contribution in [-0.4, -0.2) is 55.9 Å². The quantitative estimate of drug-likeness (QED) is 0.601. The molecule has 0 radical (unpaired) electrons. The molecule has 1 saturated heterocycles. The van der Waals surface area contributed by atoms with E-state index in [1.807, 2.05) is 30.3 Å². The van der Waals surface area contributed by atoms with E-state index < -0.39 is 5.60 Å². The fourth-order valence-corrected chi connectivity index (χ4v) is 8.98. The van der Waals surface area contributed by atoms with Crippen LogP contribution >= 0.6 is 0 Å². The third kappa shape index (κ3) is 2.61. The highest BCUT2D eigenvalue weighted by molar-refractivity contribution is 5.94. The van der Waals surface area contributed by atoms with E-state index in [0.29, 0.717) is 6.04 Å². The van der Waals surface area contributed by atoms with Gasteiger partial charge < -0.3 is 19.5 Å². The van der Waals surface area contributed by atoms with E-state index in [4.69, 9.17) is 14.2 Å². The molecule has 0 aromatic heterocycles. The van der Waals surface area contributed by atoms with E-state index in [-0.39, 0.29) is 28.8 Å². The van der Waals surface area contributed by atoms with Crippen molar-refractivity contribution in [3.8, 4) is 11.5 Å². The van der Waals surface area contributed by atoms with Gasteiger partial charge in [0.05, 0.1) is 18.4 Å². The predicted octanol–water partition coefficient (Wildman–Crippen LogP) is 4.33. The lowest BCUT2D eigenvalue weighted by atomic mass is 9.37. The number of nitrogens with zero attached hydrogens (tertiary/aromatic N) is 1. The van der Waals surface area contributed by atoms with Crippen molar-refractivity contribution < 1.29 is 19.0 Å². The fourth-order valence-electron chi connectivity index (χ4n) is 8.98. The highest BCUT2D eigenvalue weighted by atomic mass is 16.6. The van der Waals surface area contributed by atoms with Crippen molar-refractivity contribution in [2.45, 2.75) is 55.3 Å². The van der Waals surface area contributed by atoms with Crippen molar-refractivity contribution >= 4 is 11.6 Å². The lowest BCUT2D eigenvalue weighted by Crippen LogP contribution is -2.80. The number of carbonyl (C=O) groups is 1. The molecule has 5 aliphatic carbocycles. The van der Waals surface area contributed by atoms with Gasteiger partial charge in [0, 0.05) is 36.4 Å². The highest BCUT2D eigenvalue weighted by Gasteiger charge is 2.80. The maximum absolute atomic E-state index is 14.0. The molecule has 2 heterocycles. The SMILES string of the molecule is COc1ccc2c3c1OC1[C@@]4(OC)C=C[C@@]5(C[C@@H]4C(=O)Nc4ccccc4)[C@@H](C2)N(CC2CC2)CC[C@]315. The molecule has 6 atom stereocenters. The fraction of sp³-hybridized carbons (Fsp3) is 0.516. The zero-order valence-corrected chi connectivity index (χ0v) is 21.5. The van der Waals surface area contributed by atoms with Gasteiger partial charge in [0.25, 0.3) is 0 Å². The molecule has 2 saturated carbocycles. The van der Waals surface area contributed by atoms with Crippen molar-refractivity contribution in [1.29, 1.82) is 0 Å². The van der Waals surface area contributed by atoms with Gasteiger partial charge in [-0.3, -0.25) is 9.69 Å². The minimum atomic E-state index is -0.845. The number of fused-ring (bicyclic) bond motifs is 1. The van der Waals surface area contributed by atoms with Crippen LogP contribution < -0.4 is 14.8 Å². The molecule has 2 aromatic carbocycles. The van der Waals surface area contributed by atoms with Crippen LogP contribution in [0.15, 0.2) is 54.6 Å². The van der Waals surface area contributed by atoms with Gasteiger partial charge in [-0.15, -0.1) is 0 Å². The number of benzene rings is 2. The van der Waals surface area contributed by atoms with Crippen molar-refractivity contribution in [2.24, 2.45) is 17.3 Å². The number of anilines is 1. The summed E-state index contributed by atoms with van der Waals surface area (Å²) in [6.07, 6.45) is 9.81. The molecule has 37 heavy (non-hydrogen) atoms. The van der Waals surface area contributed by atoms with Crippen molar-refractivity contribution in [1.82, 2.24) is 4.90 Å². The molecule has 2 aromatic rings. The predicted molar refractivity (Wildman–Crippen MR) is 140 cm³/mol. The molecule has 7 aliphatic rings. The maximum atomic E-state index is 14.0. The number of hydrogen-bond donors (Lipinski definition) is 1. The summed E-state index contributed by atoms with van der Waals surface area (Å²) in [4.78, 5) is 16.8. The second-order valence-corrected chi connectivity index (χ2v) is 12.1. The Morgan fingerprint density at radius 3 is 2.73 bits per heavy atom. The minimum Gasteiger partial charge on any atom is -0.493 e. The molecule has 3 fully saturated rings. The van der Waals surface area contributed by atoms with Crippen LogP contribution in [0.5, 0.6) is 11.5 Å². The van der Waals surface area contributed by atoms with Gasteiger partial charge in [-0.2, -0.15) is 0 Å². The summed E-state index contributed by atoms with van der Waals surface area (Å²) in [5, 5.41) is 3.21. The van der Waals surface area contributed by atoms with Crippen LogP contribution in [0.3, 0.4) is 0 Å². The van der Waals surface area contributed by atoms with Crippen LogP contribution in [-0.2, 0) is 21.4 Å². The zero-order chi connectivity index (χ0) is 25.0. The smallest absolute Gasteiger partial charge is 0.230 e. The average molecular weight is 499 g/mol. The number of nitrogens with one attached hydrogen (secondary N) is 1. The molecule has 192 valence electrons. The summed E-state index contributed by atoms with van der Waals surface area (Å²) in [6, 6.07) is 14.4. The number of hydrogen-bond acceptors (Lipinski definition) is 5. The Morgan fingerprint density at radius 1 is 1.14 bits per heavy atom. The summed E-state index contributed by atoms with van der Waals surface area (Å²) < 4.78 is 19.2. The summed E-state index contributed by atoms with van der Waals surface area (Å²) in [5.41, 5.74) is 2.27.